The van der Waals surface area contributed by atoms with Crippen LogP contribution in [0.5, 0.6) is 0 Å². The maximum atomic E-state index is 5.48. The van der Waals surface area contributed by atoms with Gasteiger partial charge in [-0.25, -0.2) is 0 Å². The highest BCUT2D eigenvalue weighted by molar-refractivity contribution is 6.20. The molecule has 0 saturated heterocycles. The van der Waals surface area contributed by atoms with Crippen molar-refractivity contribution >= 4 is 10.2 Å². The van der Waals surface area contributed by atoms with E-state index in [1.54, 1.807) is 0 Å². The molecule has 0 radical (unpaired) electrons. The topological polar surface area (TPSA) is 9.23 Å². The van der Waals surface area contributed by atoms with E-state index in [-0.39, 0.29) is 0 Å². The molecule has 1 nitrogen and oxygen atoms in total. The van der Waals surface area contributed by atoms with Gasteiger partial charge in [0, 0.05) is 0 Å². The minimum absolute atomic E-state index is 0.348. The van der Waals surface area contributed by atoms with Gasteiger partial charge in [0.2, 0.25) is 0 Å². The van der Waals surface area contributed by atoms with Gasteiger partial charge in [0.15, 0.2) is 0 Å². The Labute approximate surface area is 66.9 Å². The van der Waals surface area contributed by atoms with Crippen molar-refractivity contribution in [3.8, 4) is 0 Å². The van der Waals surface area contributed by atoms with Crippen molar-refractivity contribution in [2.45, 2.75) is 39.7 Å². The smallest absolute Gasteiger partial charge is 0.0919 e. The van der Waals surface area contributed by atoms with E-state index in [1.165, 1.54) is 11.8 Å². The van der Waals surface area contributed by atoms with E-state index < -0.39 is 0 Å². The number of hydrogen-bond acceptors (Lipinski definition) is 1. The number of allylic oxidation sites excluding steroid dienone is 1. The first-order chi connectivity index (χ1) is 4.66. The summed E-state index contributed by atoms with van der Waals surface area (Å²) in [6, 6.07) is 0. The molecular formula is C8H18OSi. The summed E-state index contributed by atoms with van der Waals surface area (Å²) >= 11 is 0. The summed E-state index contributed by atoms with van der Waals surface area (Å²) in [7, 11) is 1.04. The van der Waals surface area contributed by atoms with E-state index in [0.717, 1.165) is 16.7 Å². The Kier molecular flexibility index (Phi) is 5.40. The minimum atomic E-state index is 0.348. The summed E-state index contributed by atoms with van der Waals surface area (Å²) in [6.07, 6.45) is 4.92. The van der Waals surface area contributed by atoms with E-state index in [0.29, 0.717) is 6.10 Å². The van der Waals surface area contributed by atoms with Gasteiger partial charge in [-0.3, -0.25) is 0 Å². The van der Waals surface area contributed by atoms with Crippen LogP contribution < -0.4 is 0 Å². The highest BCUT2D eigenvalue weighted by Gasteiger charge is 1.92. The maximum Gasteiger partial charge on any atom is 0.0919 e. The summed E-state index contributed by atoms with van der Waals surface area (Å²) in [5.74, 6) is 0. The van der Waals surface area contributed by atoms with E-state index in [1.807, 2.05) is 0 Å². The molecule has 0 atom stereocenters. The molecule has 0 aliphatic carbocycles. The Morgan fingerprint density at radius 2 is 2.20 bits per heavy atom. The lowest BCUT2D eigenvalue weighted by Gasteiger charge is -2.09. The Morgan fingerprint density at radius 3 is 2.60 bits per heavy atom. The Morgan fingerprint density at radius 1 is 1.60 bits per heavy atom. The summed E-state index contributed by atoms with van der Waals surface area (Å²) in [4.78, 5) is 0. The molecule has 60 valence electrons. The van der Waals surface area contributed by atoms with Gasteiger partial charge in [0.05, 0.1) is 21.7 Å². The van der Waals surface area contributed by atoms with Crippen molar-refractivity contribution in [3.05, 3.63) is 11.5 Å². The van der Waals surface area contributed by atoms with Crippen LogP contribution in [-0.2, 0) is 4.74 Å². The van der Waals surface area contributed by atoms with Gasteiger partial charge < -0.3 is 4.74 Å². The molecule has 10 heavy (non-hydrogen) atoms. The Hall–Kier alpha value is -0.243. The Balaban J connectivity index is 3.49. The molecule has 0 spiro atoms. The average Bonchev–Trinajstić information content (AvgIpc) is 1.82. The highest BCUT2D eigenvalue weighted by Crippen LogP contribution is 2.00. The van der Waals surface area contributed by atoms with Crippen molar-refractivity contribution < 1.29 is 4.74 Å². The van der Waals surface area contributed by atoms with Crippen LogP contribution in [0.3, 0.4) is 0 Å². The van der Waals surface area contributed by atoms with Crippen molar-refractivity contribution in [2.75, 3.05) is 0 Å². The van der Waals surface area contributed by atoms with Crippen LogP contribution in [0.2, 0.25) is 0 Å². The molecule has 0 bridgehead atoms. The van der Waals surface area contributed by atoms with Crippen LogP contribution in [0.15, 0.2) is 11.5 Å². The maximum absolute atomic E-state index is 5.48. The lowest BCUT2D eigenvalue weighted by molar-refractivity contribution is 0.167. The van der Waals surface area contributed by atoms with E-state index in [4.69, 9.17) is 4.74 Å². The summed E-state index contributed by atoms with van der Waals surface area (Å²) in [5.41, 5.74) is 0. The zero-order valence-corrected chi connectivity index (χ0v) is 9.48. The molecule has 0 fully saturated rings. The molecule has 0 aromatic rings. The highest BCUT2D eigenvalue weighted by atomic mass is 28.1. The number of rotatable bonds is 4. The van der Waals surface area contributed by atoms with Crippen molar-refractivity contribution in [1.82, 2.24) is 0 Å². The van der Waals surface area contributed by atoms with Gasteiger partial charge in [-0.15, -0.1) is 0 Å². The van der Waals surface area contributed by atoms with Gasteiger partial charge in [0.25, 0.3) is 0 Å². The van der Waals surface area contributed by atoms with Crippen LogP contribution in [0.4, 0.5) is 0 Å². The molecule has 0 aliphatic heterocycles. The molecule has 2 heteroatoms. The normalized spacial score (nSPS) is 12.6. The monoisotopic (exact) mass is 158 g/mol. The van der Waals surface area contributed by atoms with E-state index in [9.17, 15) is 0 Å². The van der Waals surface area contributed by atoms with Crippen LogP contribution in [0, 0.1) is 0 Å². The SMILES string of the molecule is CCCC=C([SiH3])OC(C)C. The molecule has 0 rings (SSSR count). The van der Waals surface area contributed by atoms with Gasteiger partial charge in [0.1, 0.15) is 0 Å². The fourth-order valence-electron chi connectivity index (χ4n) is 0.767. The molecule has 0 amide bonds. The Bertz CT molecular complexity index is 108. The quantitative estimate of drug-likeness (QED) is 0.444. The van der Waals surface area contributed by atoms with Gasteiger partial charge in [-0.2, -0.15) is 0 Å². The second-order valence-electron chi connectivity index (χ2n) is 2.77. The standard InChI is InChI=1S/C8H18OSi/c1-4-5-6-8(10)9-7(2)3/h6-7H,4-5H2,1-3,10H3. The predicted octanol–water partition coefficient (Wildman–Crippen LogP) is 1.42. The lowest BCUT2D eigenvalue weighted by Crippen LogP contribution is -2.01. The van der Waals surface area contributed by atoms with Crippen molar-refractivity contribution in [3.63, 3.8) is 0 Å². The second-order valence-corrected chi connectivity index (χ2v) is 3.76. The third-order valence-electron chi connectivity index (χ3n) is 1.14. The molecule has 0 aliphatic rings. The van der Waals surface area contributed by atoms with E-state index >= 15 is 0 Å². The second kappa shape index (κ2) is 5.53. The molecule has 0 saturated carbocycles. The molecule has 0 N–H and O–H groups in total. The van der Waals surface area contributed by atoms with Gasteiger partial charge in [-0.05, 0) is 20.3 Å². The zero-order chi connectivity index (χ0) is 7.98. The first-order valence-electron chi connectivity index (χ1n) is 4.00. The molecule has 0 aromatic heterocycles. The summed E-state index contributed by atoms with van der Waals surface area (Å²) in [5, 5.41) is 1.19. The third-order valence-corrected chi connectivity index (χ3v) is 1.79. The first kappa shape index (κ1) is 9.76. The number of hydrogen-bond donors (Lipinski definition) is 0. The van der Waals surface area contributed by atoms with Crippen molar-refractivity contribution in [1.29, 1.82) is 0 Å². The molecular weight excluding hydrogens is 140 g/mol. The molecule has 0 aromatic carbocycles. The van der Waals surface area contributed by atoms with Crippen LogP contribution in [-0.4, -0.2) is 16.3 Å². The molecule has 0 unspecified atom stereocenters. The first-order valence-corrected chi connectivity index (χ1v) is 5.00. The minimum Gasteiger partial charge on any atom is -0.502 e. The van der Waals surface area contributed by atoms with Crippen LogP contribution in [0.1, 0.15) is 33.6 Å². The predicted molar refractivity (Wildman–Crippen MR) is 49.2 cm³/mol. The average molecular weight is 158 g/mol. The molecule has 0 heterocycles. The van der Waals surface area contributed by atoms with Crippen molar-refractivity contribution in [2.24, 2.45) is 0 Å². The lowest BCUT2D eigenvalue weighted by atomic mass is 10.3. The number of ether oxygens (including phenoxy) is 1. The van der Waals surface area contributed by atoms with Gasteiger partial charge >= 0.3 is 0 Å². The summed E-state index contributed by atoms with van der Waals surface area (Å²) in [6.45, 7) is 6.32. The third kappa shape index (κ3) is 5.89. The fourth-order valence-corrected chi connectivity index (χ4v) is 1.53. The van der Waals surface area contributed by atoms with Gasteiger partial charge in [-0.1, -0.05) is 19.4 Å². The fraction of sp³-hybridized carbons (Fsp3) is 0.750. The number of unbranched alkanes of at least 4 members (excludes halogenated alkanes) is 1. The summed E-state index contributed by atoms with van der Waals surface area (Å²) < 4.78 is 5.48. The largest absolute Gasteiger partial charge is 0.502 e. The van der Waals surface area contributed by atoms with Crippen LogP contribution >= 0.6 is 0 Å². The van der Waals surface area contributed by atoms with E-state index in [2.05, 4.69) is 26.8 Å². The zero-order valence-electron chi connectivity index (χ0n) is 7.48. The van der Waals surface area contributed by atoms with Crippen LogP contribution in [0.25, 0.3) is 0 Å².